The minimum atomic E-state index is -0.258. The van der Waals surface area contributed by atoms with Crippen molar-refractivity contribution in [2.24, 2.45) is 5.10 Å². The summed E-state index contributed by atoms with van der Waals surface area (Å²) < 4.78 is 0. The Labute approximate surface area is 130 Å². The SMILES string of the molecule is Oc1cccc(/C=N/Nc2c(Cl)cc(Cl)cc2Cl)c1O. The molecule has 2 rings (SSSR count). The van der Waals surface area contributed by atoms with E-state index in [1.807, 2.05) is 0 Å². The number of aromatic hydroxyl groups is 2. The topological polar surface area (TPSA) is 64.9 Å². The number of halogens is 3. The lowest BCUT2D eigenvalue weighted by Crippen LogP contribution is -1.93. The zero-order valence-corrected chi connectivity index (χ0v) is 12.2. The van der Waals surface area contributed by atoms with Gasteiger partial charge in [0.05, 0.1) is 21.9 Å². The minimum absolute atomic E-state index is 0.225. The number of hydrazone groups is 1. The Bertz CT molecular complexity index is 652. The van der Waals surface area contributed by atoms with Crippen molar-refractivity contribution in [1.29, 1.82) is 0 Å². The molecule has 2 aromatic rings. The molecular weight excluding hydrogens is 323 g/mol. The van der Waals surface area contributed by atoms with Gasteiger partial charge in [-0.05, 0) is 24.3 Å². The summed E-state index contributed by atoms with van der Waals surface area (Å²) in [6, 6.07) is 7.59. The van der Waals surface area contributed by atoms with Gasteiger partial charge in [-0.15, -0.1) is 0 Å². The standard InChI is InChI=1S/C13H9Cl3N2O2/c14-8-4-9(15)12(10(16)5-8)18-17-6-7-2-1-3-11(19)13(7)20/h1-6,18-20H/b17-6+. The summed E-state index contributed by atoms with van der Waals surface area (Å²) in [5.74, 6) is -0.483. The number of phenolic OH excluding ortho intramolecular Hbond substituents is 2. The van der Waals surface area contributed by atoms with E-state index < -0.39 is 0 Å². The summed E-state index contributed by atoms with van der Waals surface area (Å²) in [5, 5.41) is 23.9. The molecule has 0 aliphatic carbocycles. The second-order valence-electron chi connectivity index (χ2n) is 3.83. The molecule has 0 atom stereocenters. The van der Waals surface area contributed by atoms with E-state index in [0.29, 0.717) is 26.3 Å². The highest BCUT2D eigenvalue weighted by atomic mass is 35.5. The summed E-state index contributed by atoms with van der Waals surface area (Å²) >= 11 is 17.8. The van der Waals surface area contributed by atoms with Crippen LogP contribution in [0.2, 0.25) is 15.1 Å². The molecule has 0 saturated heterocycles. The number of anilines is 1. The van der Waals surface area contributed by atoms with Crippen molar-refractivity contribution in [3.8, 4) is 11.5 Å². The number of hydrogen-bond acceptors (Lipinski definition) is 4. The van der Waals surface area contributed by atoms with Gasteiger partial charge in [0.25, 0.3) is 0 Å². The van der Waals surface area contributed by atoms with E-state index in [9.17, 15) is 10.2 Å². The van der Waals surface area contributed by atoms with Crippen LogP contribution in [0, 0.1) is 0 Å². The van der Waals surface area contributed by atoms with Crippen molar-refractivity contribution in [3.63, 3.8) is 0 Å². The third kappa shape index (κ3) is 3.28. The van der Waals surface area contributed by atoms with Crippen molar-refractivity contribution in [3.05, 3.63) is 51.0 Å². The molecule has 2 aromatic carbocycles. The highest BCUT2D eigenvalue weighted by molar-refractivity contribution is 6.41. The van der Waals surface area contributed by atoms with Crippen molar-refractivity contribution in [1.82, 2.24) is 0 Å². The zero-order valence-electron chi connectivity index (χ0n) is 9.94. The number of rotatable bonds is 3. The summed E-state index contributed by atoms with van der Waals surface area (Å²) in [5.41, 5.74) is 3.40. The number of hydrogen-bond donors (Lipinski definition) is 3. The van der Waals surface area contributed by atoms with E-state index in [2.05, 4.69) is 10.5 Å². The molecule has 0 aromatic heterocycles. The van der Waals surface area contributed by atoms with Crippen LogP contribution in [-0.4, -0.2) is 16.4 Å². The van der Waals surface area contributed by atoms with Crippen LogP contribution in [0.25, 0.3) is 0 Å². The Morgan fingerprint density at radius 1 is 1.05 bits per heavy atom. The number of nitrogens with zero attached hydrogens (tertiary/aromatic N) is 1. The van der Waals surface area contributed by atoms with Gasteiger partial charge in [0, 0.05) is 10.6 Å². The van der Waals surface area contributed by atoms with Gasteiger partial charge in [-0.3, -0.25) is 5.43 Å². The van der Waals surface area contributed by atoms with Gasteiger partial charge < -0.3 is 10.2 Å². The second kappa shape index (κ2) is 6.22. The van der Waals surface area contributed by atoms with Crippen LogP contribution in [0.1, 0.15) is 5.56 Å². The Balaban J connectivity index is 2.21. The van der Waals surface area contributed by atoms with E-state index >= 15 is 0 Å². The van der Waals surface area contributed by atoms with Gasteiger partial charge in [-0.1, -0.05) is 40.9 Å². The van der Waals surface area contributed by atoms with Gasteiger partial charge in [0.1, 0.15) is 0 Å². The molecule has 0 radical (unpaired) electrons. The molecular formula is C13H9Cl3N2O2. The van der Waals surface area contributed by atoms with E-state index in [-0.39, 0.29) is 11.5 Å². The van der Waals surface area contributed by atoms with E-state index in [1.54, 1.807) is 12.1 Å². The van der Waals surface area contributed by atoms with Gasteiger partial charge in [-0.25, -0.2) is 0 Å². The molecule has 0 heterocycles. The maximum Gasteiger partial charge on any atom is 0.166 e. The average molecular weight is 332 g/mol. The molecule has 0 aliphatic heterocycles. The van der Waals surface area contributed by atoms with Gasteiger partial charge in [-0.2, -0.15) is 5.10 Å². The van der Waals surface area contributed by atoms with Gasteiger partial charge in [0.15, 0.2) is 11.5 Å². The Morgan fingerprint density at radius 3 is 2.35 bits per heavy atom. The number of nitrogens with one attached hydrogen (secondary N) is 1. The first-order valence-corrected chi connectivity index (χ1v) is 6.57. The van der Waals surface area contributed by atoms with Crippen LogP contribution in [0.15, 0.2) is 35.4 Å². The van der Waals surface area contributed by atoms with Crippen molar-refractivity contribution in [2.75, 3.05) is 5.43 Å². The van der Waals surface area contributed by atoms with Gasteiger partial charge >= 0.3 is 0 Å². The molecule has 0 saturated carbocycles. The Kier molecular flexibility index (Phi) is 4.60. The third-order valence-electron chi connectivity index (χ3n) is 2.43. The fourth-order valence-corrected chi connectivity index (χ4v) is 2.37. The molecule has 3 N–H and O–H groups in total. The lowest BCUT2D eigenvalue weighted by atomic mass is 10.2. The molecule has 0 spiro atoms. The fraction of sp³-hybridized carbons (Fsp3) is 0. The number of benzene rings is 2. The van der Waals surface area contributed by atoms with Crippen LogP contribution in [0.3, 0.4) is 0 Å². The first-order chi connectivity index (χ1) is 9.49. The predicted octanol–water partition coefficient (Wildman–Crippen LogP) is 4.50. The maximum absolute atomic E-state index is 9.60. The van der Waals surface area contributed by atoms with Crippen LogP contribution in [0.4, 0.5) is 5.69 Å². The quantitative estimate of drug-likeness (QED) is 0.440. The Morgan fingerprint density at radius 2 is 1.70 bits per heavy atom. The minimum Gasteiger partial charge on any atom is -0.504 e. The molecule has 0 aliphatic rings. The second-order valence-corrected chi connectivity index (χ2v) is 5.08. The van der Waals surface area contributed by atoms with Crippen molar-refractivity contribution < 1.29 is 10.2 Å². The summed E-state index contributed by atoms with van der Waals surface area (Å²) in [7, 11) is 0. The van der Waals surface area contributed by atoms with Gasteiger partial charge in [0.2, 0.25) is 0 Å². The van der Waals surface area contributed by atoms with Crippen LogP contribution >= 0.6 is 34.8 Å². The predicted molar refractivity (Wildman–Crippen MR) is 82.5 cm³/mol. The third-order valence-corrected chi connectivity index (χ3v) is 3.25. The van der Waals surface area contributed by atoms with Crippen molar-refractivity contribution in [2.45, 2.75) is 0 Å². The number of phenols is 2. The number of para-hydroxylation sites is 1. The smallest absolute Gasteiger partial charge is 0.166 e. The van der Waals surface area contributed by atoms with E-state index in [1.165, 1.54) is 24.4 Å². The maximum atomic E-state index is 9.60. The summed E-state index contributed by atoms with van der Waals surface area (Å²) in [6.07, 6.45) is 1.33. The monoisotopic (exact) mass is 330 g/mol. The average Bonchev–Trinajstić information content (AvgIpc) is 2.37. The van der Waals surface area contributed by atoms with Crippen LogP contribution < -0.4 is 5.43 Å². The highest BCUT2D eigenvalue weighted by Crippen LogP contribution is 2.33. The normalized spacial score (nSPS) is 10.9. The molecule has 4 nitrogen and oxygen atoms in total. The summed E-state index contributed by atoms with van der Waals surface area (Å²) in [4.78, 5) is 0. The first kappa shape index (κ1) is 14.8. The molecule has 20 heavy (non-hydrogen) atoms. The zero-order chi connectivity index (χ0) is 14.7. The lowest BCUT2D eigenvalue weighted by Gasteiger charge is -2.06. The van der Waals surface area contributed by atoms with E-state index in [0.717, 1.165) is 0 Å². The highest BCUT2D eigenvalue weighted by Gasteiger charge is 2.07. The first-order valence-electron chi connectivity index (χ1n) is 5.43. The Hall–Kier alpha value is -1.62. The molecule has 104 valence electrons. The molecule has 0 fully saturated rings. The van der Waals surface area contributed by atoms with Crippen molar-refractivity contribution >= 4 is 46.7 Å². The molecule has 0 amide bonds. The summed E-state index contributed by atoms with van der Waals surface area (Å²) in [6.45, 7) is 0. The largest absolute Gasteiger partial charge is 0.504 e. The lowest BCUT2D eigenvalue weighted by molar-refractivity contribution is 0.403. The fourth-order valence-electron chi connectivity index (χ4n) is 1.47. The van der Waals surface area contributed by atoms with Crippen LogP contribution in [-0.2, 0) is 0 Å². The molecule has 0 unspecified atom stereocenters. The van der Waals surface area contributed by atoms with E-state index in [4.69, 9.17) is 34.8 Å². The van der Waals surface area contributed by atoms with Crippen LogP contribution in [0.5, 0.6) is 11.5 Å². The molecule has 0 bridgehead atoms. The molecule has 7 heteroatoms.